The molecule has 2 rings (SSSR count). The van der Waals surface area contributed by atoms with Gasteiger partial charge in [0.15, 0.2) is 5.69 Å². The molecule has 3 N–H and O–H groups in total. The van der Waals surface area contributed by atoms with Crippen molar-refractivity contribution in [2.75, 3.05) is 0 Å². The Labute approximate surface area is 112 Å². The van der Waals surface area contributed by atoms with E-state index in [1.54, 1.807) is 6.92 Å². The van der Waals surface area contributed by atoms with Crippen molar-refractivity contribution in [3.63, 3.8) is 0 Å². The molecule has 0 spiro atoms. The Hall–Kier alpha value is -1.78. The summed E-state index contributed by atoms with van der Waals surface area (Å²) in [4.78, 5) is 14.6. The third-order valence-electron chi connectivity index (χ3n) is 2.23. The van der Waals surface area contributed by atoms with Crippen LogP contribution in [-0.4, -0.2) is 34.7 Å². The molecule has 0 saturated carbocycles. The number of sulfonamides is 1. The summed E-state index contributed by atoms with van der Waals surface area (Å²) in [5.74, 6) is -1.15. The standard InChI is InChI=1S/C9H10N4O4S2/c1-5(8-12-7(4-18-8)9(14)15)13-19(16,17)6-2-10-11-3-6/h2-5,13H,1H3,(H,10,11)(H,14,15). The lowest BCUT2D eigenvalue weighted by Crippen LogP contribution is -2.26. The monoisotopic (exact) mass is 302 g/mol. The van der Waals surface area contributed by atoms with Gasteiger partial charge in [0.1, 0.15) is 9.90 Å². The number of carboxylic acids is 1. The third kappa shape index (κ3) is 2.97. The molecule has 1 atom stereocenters. The topological polar surface area (TPSA) is 125 Å². The van der Waals surface area contributed by atoms with Crippen molar-refractivity contribution in [3.8, 4) is 0 Å². The number of H-pyrrole nitrogens is 1. The van der Waals surface area contributed by atoms with Gasteiger partial charge in [-0.1, -0.05) is 0 Å². The zero-order valence-corrected chi connectivity index (χ0v) is 11.3. The predicted molar refractivity (Wildman–Crippen MR) is 66.4 cm³/mol. The minimum absolute atomic E-state index is 0.00867. The Kier molecular flexibility index (Phi) is 3.64. The van der Waals surface area contributed by atoms with Crippen molar-refractivity contribution < 1.29 is 18.3 Å². The van der Waals surface area contributed by atoms with E-state index in [0.29, 0.717) is 5.01 Å². The quantitative estimate of drug-likeness (QED) is 0.743. The van der Waals surface area contributed by atoms with Crippen LogP contribution in [0.3, 0.4) is 0 Å². The molecular formula is C9H10N4O4S2. The molecule has 0 aliphatic heterocycles. The maximum absolute atomic E-state index is 11.9. The number of carbonyl (C=O) groups is 1. The highest BCUT2D eigenvalue weighted by atomic mass is 32.2. The molecule has 0 aliphatic carbocycles. The van der Waals surface area contributed by atoms with E-state index >= 15 is 0 Å². The molecule has 2 aromatic heterocycles. The first-order valence-electron chi connectivity index (χ1n) is 5.10. The van der Waals surface area contributed by atoms with E-state index in [9.17, 15) is 13.2 Å². The van der Waals surface area contributed by atoms with Crippen LogP contribution in [0.15, 0.2) is 22.7 Å². The number of hydrogen-bond acceptors (Lipinski definition) is 6. The number of hydrogen-bond donors (Lipinski definition) is 3. The molecule has 10 heteroatoms. The first kappa shape index (κ1) is 13.6. The smallest absolute Gasteiger partial charge is 0.355 e. The van der Waals surface area contributed by atoms with Gasteiger partial charge in [0.2, 0.25) is 10.0 Å². The van der Waals surface area contributed by atoms with Crippen LogP contribution in [0, 0.1) is 0 Å². The number of aromatic nitrogens is 3. The average Bonchev–Trinajstić information content (AvgIpc) is 3.00. The van der Waals surface area contributed by atoms with E-state index in [4.69, 9.17) is 5.11 Å². The van der Waals surface area contributed by atoms with Crippen LogP contribution in [-0.2, 0) is 10.0 Å². The van der Waals surface area contributed by atoms with Gasteiger partial charge in [-0.25, -0.2) is 22.9 Å². The molecule has 2 aromatic rings. The van der Waals surface area contributed by atoms with Crippen molar-refractivity contribution in [2.45, 2.75) is 17.9 Å². The average molecular weight is 302 g/mol. The first-order chi connectivity index (χ1) is 8.90. The third-order valence-corrected chi connectivity index (χ3v) is 4.76. The lowest BCUT2D eigenvalue weighted by molar-refractivity contribution is 0.0691. The number of aromatic amines is 1. The largest absolute Gasteiger partial charge is 0.476 e. The normalized spacial score (nSPS) is 13.3. The van der Waals surface area contributed by atoms with Gasteiger partial charge in [0.05, 0.1) is 12.2 Å². The number of rotatable bonds is 5. The number of carboxylic acid groups (broad SMARTS) is 1. The lowest BCUT2D eigenvalue weighted by Gasteiger charge is -2.10. The highest BCUT2D eigenvalue weighted by molar-refractivity contribution is 7.89. The maximum Gasteiger partial charge on any atom is 0.355 e. The maximum atomic E-state index is 11.9. The Morgan fingerprint density at radius 1 is 1.58 bits per heavy atom. The van der Waals surface area contributed by atoms with Gasteiger partial charge in [0.25, 0.3) is 0 Å². The van der Waals surface area contributed by atoms with Crippen LogP contribution in [0.25, 0.3) is 0 Å². The second-order valence-corrected chi connectivity index (χ2v) is 6.26. The van der Waals surface area contributed by atoms with Gasteiger partial charge in [-0.3, -0.25) is 5.10 Å². The fourth-order valence-corrected chi connectivity index (χ4v) is 3.31. The van der Waals surface area contributed by atoms with Crippen LogP contribution >= 0.6 is 11.3 Å². The summed E-state index contributed by atoms with van der Waals surface area (Å²) < 4.78 is 26.2. The first-order valence-corrected chi connectivity index (χ1v) is 7.46. The summed E-state index contributed by atoms with van der Waals surface area (Å²) in [6.45, 7) is 1.59. The predicted octanol–water partition coefficient (Wildman–Crippen LogP) is 0.604. The Morgan fingerprint density at radius 3 is 2.84 bits per heavy atom. The van der Waals surface area contributed by atoms with Gasteiger partial charge < -0.3 is 5.11 Å². The Bertz CT molecular complexity index is 677. The molecule has 0 radical (unpaired) electrons. The van der Waals surface area contributed by atoms with Crippen LogP contribution in [0.5, 0.6) is 0 Å². The lowest BCUT2D eigenvalue weighted by atomic mass is 10.4. The fraction of sp³-hybridized carbons (Fsp3) is 0.222. The zero-order valence-electron chi connectivity index (χ0n) is 9.69. The van der Waals surface area contributed by atoms with Crippen molar-refractivity contribution in [1.29, 1.82) is 0 Å². The highest BCUT2D eigenvalue weighted by Crippen LogP contribution is 2.20. The molecule has 102 valence electrons. The van der Waals surface area contributed by atoms with Crippen LogP contribution in [0.1, 0.15) is 28.5 Å². The molecule has 0 saturated heterocycles. The van der Waals surface area contributed by atoms with Crippen molar-refractivity contribution >= 4 is 27.3 Å². The van der Waals surface area contributed by atoms with Gasteiger partial charge in [-0.15, -0.1) is 11.3 Å². The summed E-state index contributed by atoms with van der Waals surface area (Å²) in [5, 5.41) is 16.5. The van der Waals surface area contributed by atoms with Crippen LogP contribution in [0.2, 0.25) is 0 Å². The summed E-state index contributed by atoms with van der Waals surface area (Å²) in [6.07, 6.45) is 2.43. The van der Waals surface area contributed by atoms with E-state index in [0.717, 1.165) is 11.3 Å². The van der Waals surface area contributed by atoms with Crippen LogP contribution in [0.4, 0.5) is 0 Å². The zero-order chi connectivity index (χ0) is 14.0. The van der Waals surface area contributed by atoms with E-state index < -0.39 is 22.0 Å². The molecule has 19 heavy (non-hydrogen) atoms. The second-order valence-electron chi connectivity index (χ2n) is 3.65. The molecule has 8 nitrogen and oxygen atoms in total. The molecule has 2 heterocycles. The van der Waals surface area contributed by atoms with Gasteiger partial charge in [-0.05, 0) is 6.92 Å². The molecule has 0 aliphatic rings. The summed E-state index contributed by atoms with van der Waals surface area (Å²) >= 11 is 1.08. The summed E-state index contributed by atoms with van der Waals surface area (Å²) in [6, 6.07) is -0.627. The summed E-state index contributed by atoms with van der Waals surface area (Å²) in [7, 11) is -3.70. The molecule has 0 bridgehead atoms. The minimum atomic E-state index is -3.70. The van der Waals surface area contributed by atoms with Gasteiger partial charge in [0, 0.05) is 11.6 Å². The van der Waals surface area contributed by atoms with Crippen molar-refractivity contribution in [2.24, 2.45) is 0 Å². The number of thiazole rings is 1. The number of aromatic carboxylic acids is 1. The molecule has 1 unspecified atom stereocenters. The van der Waals surface area contributed by atoms with Gasteiger partial charge >= 0.3 is 5.97 Å². The summed E-state index contributed by atoms with van der Waals surface area (Å²) in [5.41, 5.74) is -0.102. The van der Waals surface area contributed by atoms with Crippen molar-refractivity contribution in [1.82, 2.24) is 19.9 Å². The number of nitrogens with one attached hydrogen (secondary N) is 2. The van der Waals surface area contributed by atoms with Crippen molar-refractivity contribution in [3.05, 3.63) is 28.5 Å². The second kappa shape index (κ2) is 5.07. The van der Waals surface area contributed by atoms with E-state index in [-0.39, 0.29) is 10.6 Å². The fourth-order valence-electron chi connectivity index (χ4n) is 1.32. The molecule has 0 aromatic carbocycles. The molecule has 0 fully saturated rings. The van der Waals surface area contributed by atoms with Gasteiger partial charge in [-0.2, -0.15) is 5.10 Å². The Balaban J connectivity index is 2.17. The van der Waals surface area contributed by atoms with E-state index in [1.807, 2.05) is 0 Å². The highest BCUT2D eigenvalue weighted by Gasteiger charge is 2.22. The van der Waals surface area contributed by atoms with E-state index in [2.05, 4.69) is 19.9 Å². The van der Waals surface area contributed by atoms with Crippen LogP contribution < -0.4 is 4.72 Å². The molecule has 0 amide bonds. The molecular weight excluding hydrogens is 292 g/mol. The Morgan fingerprint density at radius 2 is 2.32 bits per heavy atom. The SMILES string of the molecule is CC(NS(=O)(=O)c1cn[nH]c1)c1nc(C(=O)O)cs1. The minimum Gasteiger partial charge on any atom is -0.476 e. The van der Waals surface area contributed by atoms with E-state index in [1.165, 1.54) is 17.8 Å². The number of nitrogens with zero attached hydrogens (tertiary/aromatic N) is 2.